The van der Waals surface area contributed by atoms with Crippen molar-refractivity contribution in [3.05, 3.63) is 65.2 Å². The molecule has 3 N–H and O–H groups in total. The third-order valence-corrected chi connectivity index (χ3v) is 5.55. The summed E-state index contributed by atoms with van der Waals surface area (Å²) >= 11 is 0. The van der Waals surface area contributed by atoms with Gasteiger partial charge in [0, 0.05) is 19.6 Å². The summed E-state index contributed by atoms with van der Waals surface area (Å²) in [5.41, 5.74) is 1.16. The average molecular weight is 415 g/mol. The molecule has 8 heteroatoms. The zero-order chi connectivity index (χ0) is 21.3. The monoisotopic (exact) mass is 415 g/mol. The lowest BCUT2D eigenvalue weighted by Crippen LogP contribution is -2.38. The predicted octanol–water partition coefficient (Wildman–Crippen LogP) is 2.20. The van der Waals surface area contributed by atoms with Crippen LogP contribution in [0.15, 0.2) is 48.5 Å². The molecular weight excluding hydrogens is 392 g/mol. The first-order valence-electron chi connectivity index (χ1n) is 9.90. The van der Waals surface area contributed by atoms with Crippen molar-refractivity contribution < 1.29 is 23.5 Å². The van der Waals surface area contributed by atoms with Gasteiger partial charge in [-0.15, -0.1) is 0 Å². The number of aliphatic hydroxyl groups is 1. The molecule has 4 rings (SSSR count). The smallest absolute Gasteiger partial charge is 0.352 e. The second-order valence-corrected chi connectivity index (χ2v) is 7.82. The highest BCUT2D eigenvalue weighted by atomic mass is 19.3. The van der Waals surface area contributed by atoms with E-state index in [1.54, 1.807) is 0 Å². The van der Waals surface area contributed by atoms with E-state index in [1.165, 1.54) is 18.2 Å². The number of likely N-dealkylation sites (tertiary alicyclic amines) is 1. The number of aliphatic hydroxyl groups excluding tert-OH is 1. The molecule has 2 amide bonds. The van der Waals surface area contributed by atoms with E-state index in [0.717, 1.165) is 12.1 Å². The van der Waals surface area contributed by atoms with Crippen molar-refractivity contribution >= 4 is 17.5 Å². The normalized spacial score (nSPS) is 21.2. The van der Waals surface area contributed by atoms with Gasteiger partial charge in [0.05, 0.1) is 29.8 Å². The predicted molar refractivity (Wildman–Crippen MR) is 107 cm³/mol. The lowest BCUT2D eigenvalue weighted by Gasteiger charge is -2.25. The number of hydrogen-bond acceptors (Lipinski definition) is 4. The van der Waals surface area contributed by atoms with Crippen LogP contribution in [0.5, 0.6) is 0 Å². The molecule has 1 unspecified atom stereocenters. The van der Waals surface area contributed by atoms with Crippen LogP contribution >= 0.6 is 0 Å². The Labute approximate surface area is 172 Å². The number of anilines is 1. The van der Waals surface area contributed by atoms with Crippen LogP contribution in [0.4, 0.5) is 14.5 Å². The standard InChI is InChI=1S/C22H23F2N3O3/c23-22(24)17-7-6-14(10-18(17)26-21(22)30)11-20(29)25-19(15-4-2-1-3-5-15)13-27-9-8-16(28)12-27/h1-7,10,16,19,28H,8-9,11-13H2,(H,25,29)(H,26,30)/t16?,19-/m1/s1. The van der Waals surface area contributed by atoms with Gasteiger partial charge in [-0.25, -0.2) is 0 Å². The Hall–Kier alpha value is -2.84. The minimum atomic E-state index is -3.55. The largest absolute Gasteiger partial charge is 0.392 e. The third-order valence-electron chi connectivity index (χ3n) is 5.55. The van der Waals surface area contributed by atoms with Crippen LogP contribution in [0.1, 0.15) is 29.2 Å². The fraction of sp³-hybridized carbons (Fsp3) is 0.364. The number of hydrogen-bond donors (Lipinski definition) is 3. The minimum Gasteiger partial charge on any atom is -0.392 e. The van der Waals surface area contributed by atoms with Crippen LogP contribution in [-0.4, -0.2) is 47.6 Å². The summed E-state index contributed by atoms with van der Waals surface area (Å²) in [5.74, 6) is -5.15. The van der Waals surface area contributed by atoms with Crippen LogP contribution in [0.3, 0.4) is 0 Å². The number of alkyl halides is 2. The molecule has 2 heterocycles. The van der Waals surface area contributed by atoms with Crippen LogP contribution in [0, 0.1) is 0 Å². The number of nitrogens with one attached hydrogen (secondary N) is 2. The van der Waals surface area contributed by atoms with Gasteiger partial charge in [-0.1, -0.05) is 42.5 Å². The Kier molecular flexibility index (Phi) is 5.53. The summed E-state index contributed by atoms with van der Waals surface area (Å²) in [6.07, 6.45) is 0.360. The molecule has 0 saturated carbocycles. The molecule has 1 fully saturated rings. The highest BCUT2D eigenvalue weighted by molar-refractivity contribution is 6.04. The number of fused-ring (bicyclic) bond motifs is 1. The Morgan fingerprint density at radius 3 is 2.73 bits per heavy atom. The SMILES string of the molecule is O=C(Cc1ccc2c(c1)NC(=O)C2(F)F)N[C@H](CN1CCC(O)C1)c1ccccc1. The number of benzene rings is 2. The second-order valence-electron chi connectivity index (χ2n) is 7.82. The molecule has 2 aliphatic heterocycles. The molecular formula is C22H23F2N3O3. The van der Waals surface area contributed by atoms with E-state index >= 15 is 0 Å². The van der Waals surface area contributed by atoms with Gasteiger partial charge < -0.3 is 15.7 Å². The van der Waals surface area contributed by atoms with E-state index in [-0.39, 0.29) is 35.7 Å². The number of rotatable bonds is 6. The summed E-state index contributed by atoms with van der Waals surface area (Å²) in [6.45, 7) is 1.90. The van der Waals surface area contributed by atoms with Crippen molar-refractivity contribution in [2.75, 3.05) is 25.0 Å². The third kappa shape index (κ3) is 4.20. The molecule has 0 bridgehead atoms. The highest BCUT2D eigenvalue weighted by Crippen LogP contribution is 2.40. The first-order valence-corrected chi connectivity index (χ1v) is 9.90. The zero-order valence-electron chi connectivity index (χ0n) is 16.3. The quantitative estimate of drug-likeness (QED) is 0.676. The molecule has 2 aliphatic rings. The van der Waals surface area contributed by atoms with E-state index in [1.807, 2.05) is 30.3 Å². The lowest BCUT2D eigenvalue weighted by molar-refractivity contribution is -0.139. The van der Waals surface area contributed by atoms with Crippen molar-refractivity contribution in [2.24, 2.45) is 0 Å². The molecule has 0 aromatic heterocycles. The van der Waals surface area contributed by atoms with Gasteiger partial charge in [-0.2, -0.15) is 8.78 Å². The number of amides is 2. The number of halogens is 2. The number of carbonyl (C=O) groups excluding carboxylic acids is 2. The number of nitrogens with zero attached hydrogens (tertiary/aromatic N) is 1. The van der Waals surface area contributed by atoms with E-state index in [9.17, 15) is 23.5 Å². The molecule has 0 spiro atoms. The topological polar surface area (TPSA) is 81.7 Å². The number of carbonyl (C=O) groups is 2. The van der Waals surface area contributed by atoms with Crippen LogP contribution in [0.2, 0.25) is 0 Å². The fourth-order valence-corrected chi connectivity index (χ4v) is 3.99. The summed E-state index contributed by atoms with van der Waals surface area (Å²) in [5, 5.41) is 15.0. The Morgan fingerprint density at radius 2 is 2.03 bits per heavy atom. The van der Waals surface area contributed by atoms with Crippen molar-refractivity contribution in [2.45, 2.75) is 30.9 Å². The van der Waals surface area contributed by atoms with Crippen LogP contribution < -0.4 is 10.6 Å². The fourth-order valence-electron chi connectivity index (χ4n) is 3.99. The van der Waals surface area contributed by atoms with Crippen molar-refractivity contribution in [1.82, 2.24) is 10.2 Å². The molecule has 0 radical (unpaired) electrons. The molecule has 2 atom stereocenters. The molecule has 30 heavy (non-hydrogen) atoms. The van der Waals surface area contributed by atoms with E-state index in [0.29, 0.717) is 25.1 Å². The van der Waals surface area contributed by atoms with Crippen LogP contribution in [0.25, 0.3) is 0 Å². The summed E-state index contributed by atoms with van der Waals surface area (Å²) in [6, 6.07) is 13.4. The van der Waals surface area contributed by atoms with E-state index in [4.69, 9.17) is 0 Å². The maximum absolute atomic E-state index is 13.8. The molecule has 2 aromatic rings. The van der Waals surface area contributed by atoms with Crippen molar-refractivity contribution in [3.63, 3.8) is 0 Å². The Balaban J connectivity index is 1.45. The van der Waals surface area contributed by atoms with Gasteiger partial charge in [0.2, 0.25) is 5.91 Å². The summed E-state index contributed by atoms with van der Waals surface area (Å²) < 4.78 is 27.6. The van der Waals surface area contributed by atoms with Gasteiger partial charge in [0.15, 0.2) is 0 Å². The lowest BCUT2D eigenvalue weighted by atomic mass is 10.0. The van der Waals surface area contributed by atoms with Gasteiger partial charge in [-0.05, 0) is 23.6 Å². The van der Waals surface area contributed by atoms with E-state index in [2.05, 4.69) is 15.5 Å². The zero-order valence-corrected chi connectivity index (χ0v) is 16.3. The van der Waals surface area contributed by atoms with Gasteiger partial charge in [-0.3, -0.25) is 14.5 Å². The highest BCUT2D eigenvalue weighted by Gasteiger charge is 2.48. The minimum absolute atomic E-state index is 0.000675. The Bertz CT molecular complexity index is 952. The van der Waals surface area contributed by atoms with Crippen LogP contribution in [-0.2, 0) is 21.9 Å². The average Bonchev–Trinajstić information content (AvgIpc) is 3.21. The van der Waals surface area contributed by atoms with Gasteiger partial charge >= 0.3 is 5.92 Å². The molecule has 6 nitrogen and oxygen atoms in total. The van der Waals surface area contributed by atoms with Crippen molar-refractivity contribution in [1.29, 1.82) is 0 Å². The van der Waals surface area contributed by atoms with E-state index < -0.39 is 11.8 Å². The second kappa shape index (κ2) is 8.12. The first-order chi connectivity index (χ1) is 14.3. The molecule has 158 valence electrons. The summed E-state index contributed by atoms with van der Waals surface area (Å²) in [4.78, 5) is 26.2. The Morgan fingerprint density at radius 1 is 1.27 bits per heavy atom. The maximum atomic E-state index is 13.8. The van der Waals surface area contributed by atoms with Crippen molar-refractivity contribution in [3.8, 4) is 0 Å². The summed E-state index contributed by atoms with van der Waals surface area (Å²) in [7, 11) is 0. The van der Waals surface area contributed by atoms with Gasteiger partial charge in [0.1, 0.15) is 0 Å². The van der Waals surface area contributed by atoms with Gasteiger partial charge in [0.25, 0.3) is 5.91 Å². The molecule has 2 aromatic carbocycles. The molecule has 1 saturated heterocycles. The number of β-amino-alcohol motifs (C(OH)–C–C–N with tert-alkyl or cyclic N) is 1. The maximum Gasteiger partial charge on any atom is 0.352 e. The molecule has 0 aliphatic carbocycles. The first kappa shape index (κ1) is 20.4.